The van der Waals surface area contributed by atoms with E-state index in [4.69, 9.17) is 0 Å². The molecule has 0 spiro atoms. The van der Waals surface area contributed by atoms with E-state index in [0.29, 0.717) is 18.5 Å². The first-order valence-corrected chi connectivity index (χ1v) is 9.58. The predicted octanol–water partition coefficient (Wildman–Crippen LogP) is 3.57. The molecular weight excluding hydrogens is 350 g/mol. The Kier molecular flexibility index (Phi) is 5.24. The second kappa shape index (κ2) is 8.13. The van der Waals surface area contributed by atoms with Crippen molar-refractivity contribution in [3.63, 3.8) is 0 Å². The van der Waals surface area contributed by atoms with Crippen molar-refractivity contribution >= 4 is 11.8 Å². The van der Waals surface area contributed by atoms with Crippen molar-refractivity contribution in [3.05, 3.63) is 90.3 Å². The normalized spacial score (nSPS) is 14.9. The zero-order chi connectivity index (χ0) is 19.3. The summed E-state index contributed by atoms with van der Waals surface area (Å²) in [7, 11) is 0. The maximum absolute atomic E-state index is 13.0. The van der Waals surface area contributed by atoms with Gasteiger partial charge in [-0.3, -0.25) is 9.59 Å². The zero-order valence-corrected chi connectivity index (χ0v) is 15.6. The SMILES string of the molecule is O=C(N[C@@H](CN1CCCC1=O)c1ccccc1)c1cccc(-n2cccc2)c1. The first-order chi connectivity index (χ1) is 13.7. The van der Waals surface area contributed by atoms with Crippen LogP contribution >= 0.6 is 0 Å². The lowest BCUT2D eigenvalue weighted by Gasteiger charge is -2.25. The Morgan fingerprint density at radius 1 is 1.00 bits per heavy atom. The summed E-state index contributed by atoms with van der Waals surface area (Å²) in [6.07, 6.45) is 5.37. The van der Waals surface area contributed by atoms with Gasteiger partial charge in [0.1, 0.15) is 0 Å². The van der Waals surface area contributed by atoms with Gasteiger partial charge in [-0.2, -0.15) is 0 Å². The maximum Gasteiger partial charge on any atom is 0.251 e. The summed E-state index contributed by atoms with van der Waals surface area (Å²) in [5.74, 6) is 0.0132. The molecule has 0 saturated carbocycles. The van der Waals surface area contributed by atoms with Crippen LogP contribution < -0.4 is 5.32 Å². The van der Waals surface area contributed by atoms with Crippen molar-refractivity contribution in [2.24, 2.45) is 0 Å². The topological polar surface area (TPSA) is 54.3 Å². The van der Waals surface area contributed by atoms with E-state index in [1.807, 2.05) is 88.6 Å². The van der Waals surface area contributed by atoms with Crippen LogP contribution in [0.3, 0.4) is 0 Å². The number of carbonyl (C=O) groups excluding carboxylic acids is 2. The van der Waals surface area contributed by atoms with Crippen molar-refractivity contribution in [1.29, 1.82) is 0 Å². The predicted molar refractivity (Wildman–Crippen MR) is 108 cm³/mol. The first kappa shape index (κ1) is 18.0. The number of amides is 2. The summed E-state index contributed by atoms with van der Waals surface area (Å²) in [4.78, 5) is 26.9. The summed E-state index contributed by atoms with van der Waals surface area (Å²) in [5.41, 5.74) is 2.53. The van der Waals surface area contributed by atoms with Crippen LogP contribution in [-0.2, 0) is 4.79 Å². The van der Waals surface area contributed by atoms with Gasteiger partial charge in [-0.25, -0.2) is 0 Å². The Hall–Kier alpha value is -3.34. The highest BCUT2D eigenvalue weighted by Gasteiger charge is 2.25. The average Bonchev–Trinajstić information content (AvgIpc) is 3.41. The lowest BCUT2D eigenvalue weighted by Crippen LogP contribution is -2.38. The fourth-order valence-corrected chi connectivity index (χ4v) is 3.59. The van der Waals surface area contributed by atoms with Gasteiger partial charge in [0.05, 0.1) is 6.04 Å². The Balaban J connectivity index is 1.55. The number of nitrogens with zero attached hydrogens (tertiary/aromatic N) is 2. The Bertz CT molecular complexity index is 951. The van der Waals surface area contributed by atoms with Crippen molar-refractivity contribution in [2.75, 3.05) is 13.1 Å². The number of rotatable bonds is 6. The molecule has 1 aliphatic rings. The van der Waals surface area contributed by atoms with Gasteiger partial charge in [0, 0.05) is 43.2 Å². The monoisotopic (exact) mass is 373 g/mol. The molecule has 0 aliphatic carbocycles. The zero-order valence-electron chi connectivity index (χ0n) is 15.6. The molecule has 1 fully saturated rings. The van der Waals surface area contributed by atoms with Crippen molar-refractivity contribution < 1.29 is 9.59 Å². The minimum Gasteiger partial charge on any atom is -0.343 e. The summed E-state index contributed by atoms with van der Waals surface area (Å²) in [6.45, 7) is 1.24. The molecule has 5 heteroatoms. The number of hydrogen-bond acceptors (Lipinski definition) is 2. The number of benzene rings is 2. The van der Waals surface area contributed by atoms with Crippen LogP contribution in [0.1, 0.15) is 34.8 Å². The average molecular weight is 373 g/mol. The molecule has 1 aliphatic heterocycles. The van der Waals surface area contributed by atoms with E-state index in [0.717, 1.165) is 24.2 Å². The number of carbonyl (C=O) groups is 2. The molecule has 0 unspecified atom stereocenters. The molecule has 28 heavy (non-hydrogen) atoms. The van der Waals surface area contributed by atoms with Crippen molar-refractivity contribution in [2.45, 2.75) is 18.9 Å². The fourth-order valence-electron chi connectivity index (χ4n) is 3.59. The number of hydrogen-bond donors (Lipinski definition) is 1. The minimum atomic E-state index is -0.244. The lowest BCUT2D eigenvalue weighted by molar-refractivity contribution is -0.128. The molecule has 0 radical (unpaired) electrons. The van der Waals surface area contributed by atoms with Crippen LogP contribution in [0.2, 0.25) is 0 Å². The number of nitrogens with one attached hydrogen (secondary N) is 1. The molecule has 1 atom stereocenters. The Morgan fingerprint density at radius 2 is 1.79 bits per heavy atom. The van der Waals surface area contributed by atoms with E-state index in [2.05, 4.69) is 5.32 Å². The second-order valence-corrected chi connectivity index (χ2v) is 7.02. The van der Waals surface area contributed by atoms with Gasteiger partial charge < -0.3 is 14.8 Å². The molecule has 2 amide bonds. The molecule has 0 bridgehead atoms. The minimum absolute atomic E-state index is 0.144. The van der Waals surface area contributed by atoms with E-state index >= 15 is 0 Å². The first-order valence-electron chi connectivity index (χ1n) is 9.58. The van der Waals surface area contributed by atoms with E-state index < -0.39 is 0 Å². The van der Waals surface area contributed by atoms with Crippen LogP contribution in [0.5, 0.6) is 0 Å². The van der Waals surface area contributed by atoms with Gasteiger partial charge >= 0.3 is 0 Å². The highest BCUT2D eigenvalue weighted by molar-refractivity contribution is 5.95. The summed E-state index contributed by atoms with van der Waals surface area (Å²) < 4.78 is 1.97. The van der Waals surface area contributed by atoms with Crippen LogP contribution in [0, 0.1) is 0 Å². The molecule has 4 rings (SSSR count). The van der Waals surface area contributed by atoms with Gasteiger partial charge in [0.25, 0.3) is 5.91 Å². The summed E-state index contributed by atoms with van der Waals surface area (Å²) >= 11 is 0. The van der Waals surface area contributed by atoms with E-state index in [-0.39, 0.29) is 17.9 Å². The Labute approximate surface area is 164 Å². The molecule has 2 heterocycles. The van der Waals surface area contributed by atoms with E-state index in [1.165, 1.54) is 0 Å². The van der Waals surface area contributed by atoms with Gasteiger partial charge in [-0.1, -0.05) is 36.4 Å². The highest BCUT2D eigenvalue weighted by Crippen LogP contribution is 2.20. The number of likely N-dealkylation sites (tertiary alicyclic amines) is 1. The third-order valence-electron chi connectivity index (χ3n) is 5.09. The Morgan fingerprint density at radius 3 is 2.50 bits per heavy atom. The van der Waals surface area contributed by atoms with Crippen molar-refractivity contribution in [3.8, 4) is 5.69 Å². The second-order valence-electron chi connectivity index (χ2n) is 7.02. The van der Waals surface area contributed by atoms with Gasteiger partial charge in [0.15, 0.2) is 0 Å². The van der Waals surface area contributed by atoms with Crippen LogP contribution in [0.4, 0.5) is 0 Å². The third-order valence-corrected chi connectivity index (χ3v) is 5.09. The molecule has 1 aromatic heterocycles. The van der Waals surface area contributed by atoms with Crippen LogP contribution in [-0.4, -0.2) is 34.4 Å². The molecule has 142 valence electrons. The summed E-state index contributed by atoms with van der Waals surface area (Å²) in [5, 5.41) is 3.13. The van der Waals surface area contributed by atoms with Gasteiger partial charge in [-0.05, 0) is 42.3 Å². The van der Waals surface area contributed by atoms with Crippen LogP contribution in [0.15, 0.2) is 79.1 Å². The molecular formula is C23H23N3O2. The van der Waals surface area contributed by atoms with Gasteiger partial charge in [-0.15, -0.1) is 0 Å². The quantitative estimate of drug-likeness (QED) is 0.718. The maximum atomic E-state index is 13.0. The lowest BCUT2D eigenvalue weighted by atomic mass is 10.1. The van der Waals surface area contributed by atoms with E-state index in [1.54, 1.807) is 0 Å². The summed E-state index contributed by atoms with van der Waals surface area (Å²) in [6, 6.07) is 21.0. The van der Waals surface area contributed by atoms with E-state index in [9.17, 15) is 9.59 Å². The standard InChI is InChI=1S/C23H23N3O2/c27-22-12-7-15-26(22)17-21(18-8-2-1-3-9-18)24-23(28)19-10-6-11-20(16-19)25-13-4-5-14-25/h1-6,8-11,13-14,16,21H,7,12,15,17H2,(H,24,28)/t21-/m0/s1. The largest absolute Gasteiger partial charge is 0.343 e. The molecule has 3 aromatic rings. The number of aromatic nitrogens is 1. The van der Waals surface area contributed by atoms with Gasteiger partial charge in [0.2, 0.25) is 5.91 Å². The highest BCUT2D eigenvalue weighted by atomic mass is 16.2. The molecule has 1 N–H and O–H groups in total. The smallest absolute Gasteiger partial charge is 0.251 e. The molecule has 5 nitrogen and oxygen atoms in total. The molecule has 1 saturated heterocycles. The van der Waals surface area contributed by atoms with Crippen molar-refractivity contribution in [1.82, 2.24) is 14.8 Å². The fraction of sp³-hybridized carbons (Fsp3) is 0.217. The van der Waals surface area contributed by atoms with Crippen LogP contribution in [0.25, 0.3) is 5.69 Å². The molecule has 2 aromatic carbocycles. The third kappa shape index (κ3) is 3.98.